The van der Waals surface area contributed by atoms with Crippen LogP contribution < -0.4 is 0 Å². The van der Waals surface area contributed by atoms with Gasteiger partial charge in [0.1, 0.15) is 48.7 Å². The summed E-state index contributed by atoms with van der Waals surface area (Å²) < 4.78 is 20.9. The molecule has 0 unspecified atom stereocenters. The van der Waals surface area contributed by atoms with Crippen molar-refractivity contribution in [2.24, 2.45) is 11.8 Å². The number of esters is 2. The van der Waals surface area contributed by atoms with Gasteiger partial charge in [-0.05, 0) is 19.8 Å². The van der Waals surface area contributed by atoms with E-state index < -0.39 is 54.7 Å². The Morgan fingerprint density at radius 2 is 1.74 bits per heavy atom. The first-order valence-electron chi connectivity index (χ1n) is 11.3. The third kappa shape index (κ3) is 7.41. The molecule has 2 saturated heterocycles. The van der Waals surface area contributed by atoms with Gasteiger partial charge < -0.3 is 34.3 Å². The molecule has 192 valence electrons. The minimum absolute atomic E-state index is 0.0354. The predicted molar refractivity (Wildman–Crippen MR) is 115 cm³/mol. The topological polar surface area (TPSA) is 166 Å². The number of aliphatic hydroxyl groups excluding tert-OH is 3. The van der Waals surface area contributed by atoms with E-state index in [1.54, 1.807) is 6.92 Å². The summed E-state index contributed by atoms with van der Waals surface area (Å²) in [5, 5.41) is 30.1. The zero-order valence-corrected chi connectivity index (χ0v) is 19.7. The van der Waals surface area contributed by atoms with E-state index in [1.165, 1.54) is 13.8 Å². The molecular formula is C23H34O11. The molecule has 2 heterocycles. The van der Waals surface area contributed by atoms with Crippen LogP contribution in [0.15, 0.2) is 12.2 Å². The molecule has 0 spiro atoms. The molecule has 0 amide bonds. The Balaban J connectivity index is 1.80. The summed E-state index contributed by atoms with van der Waals surface area (Å²) in [5.74, 6) is -2.32. The standard InChI is InChI=1S/C23H34O11/c1-11(16(26)9-15-13(3)22(30)33-17(15)8-12(2)24)6-5-7-31-23-21(29)20(28)19(27)18(34-23)10-32-14(4)25/h11,15,17-21,23,27-29H,3,5-10H2,1-2,4H3/t11-,15-,17-,18+,19-,20+,21-,23-/m1/s1. The number of ether oxygens (including phenoxy) is 4. The first-order valence-corrected chi connectivity index (χ1v) is 11.3. The van der Waals surface area contributed by atoms with Gasteiger partial charge in [-0.3, -0.25) is 14.4 Å². The van der Waals surface area contributed by atoms with Crippen molar-refractivity contribution >= 4 is 23.5 Å². The van der Waals surface area contributed by atoms with E-state index in [0.29, 0.717) is 12.8 Å². The predicted octanol–water partition coefficient (Wildman–Crippen LogP) is -0.174. The molecule has 3 N–H and O–H groups in total. The van der Waals surface area contributed by atoms with Crippen LogP contribution in [0.4, 0.5) is 0 Å². The molecule has 2 rings (SSSR count). The molecular weight excluding hydrogens is 452 g/mol. The number of ketones is 2. The number of rotatable bonds is 12. The highest BCUT2D eigenvalue weighted by Crippen LogP contribution is 2.33. The second-order valence-electron chi connectivity index (χ2n) is 8.88. The highest BCUT2D eigenvalue weighted by molar-refractivity contribution is 5.93. The van der Waals surface area contributed by atoms with Crippen molar-refractivity contribution in [3.63, 3.8) is 0 Å². The molecule has 0 aliphatic carbocycles. The van der Waals surface area contributed by atoms with Gasteiger partial charge in [0, 0.05) is 43.8 Å². The van der Waals surface area contributed by atoms with Crippen LogP contribution in [-0.4, -0.2) is 88.8 Å². The van der Waals surface area contributed by atoms with E-state index in [4.69, 9.17) is 18.9 Å². The molecule has 2 aliphatic rings. The van der Waals surface area contributed by atoms with Crippen LogP contribution in [-0.2, 0) is 38.1 Å². The summed E-state index contributed by atoms with van der Waals surface area (Å²) in [7, 11) is 0. The highest BCUT2D eigenvalue weighted by atomic mass is 16.7. The summed E-state index contributed by atoms with van der Waals surface area (Å²) in [6.07, 6.45) is -6.57. The third-order valence-corrected chi connectivity index (χ3v) is 6.06. The van der Waals surface area contributed by atoms with Crippen molar-refractivity contribution in [3.05, 3.63) is 12.2 Å². The highest BCUT2D eigenvalue weighted by Gasteiger charge is 2.45. The molecule has 11 nitrogen and oxygen atoms in total. The Kier molecular flexibility index (Phi) is 10.3. The molecule has 0 radical (unpaired) electrons. The molecule has 11 heteroatoms. The maximum absolute atomic E-state index is 12.7. The van der Waals surface area contributed by atoms with Crippen LogP contribution in [0.2, 0.25) is 0 Å². The molecule has 2 fully saturated rings. The minimum atomic E-state index is -1.55. The molecule has 0 aromatic heterocycles. The van der Waals surface area contributed by atoms with Crippen molar-refractivity contribution in [3.8, 4) is 0 Å². The number of Topliss-reactive ketones (excluding diaryl/α,β-unsaturated/α-hetero) is 2. The van der Waals surface area contributed by atoms with E-state index in [2.05, 4.69) is 6.58 Å². The van der Waals surface area contributed by atoms with Gasteiger partial charge in [-0.2, -0.15) is 0 Å². The lowest BCUT2D eigenvalue weighted by molar-refractivity contribution is -0.301. The lowest BCUT2D eigenvalue weighted by atomic mass is 9.85. The van der Waals surface area contributed by atoms with Gasteiger partial charge in [-0.25, -0.2) is 4.79 Å². The SMILES string of the molecule is C=C1C(=O)O[C@H](CC(C)=O)[C@@H]1CC(=O)[C@H](C)CCCO[C@@H]1O[C@@H](COC(C)=O)[C@@H](O)[C@H](O)[C@H]1O. The van der Waals surface area contributed by atoms with Gasteiger partial charge in [-0.15, -0.1) is 0 Å². The number of hydrogen-bond donors (Lipinski definition) is 3. The summed E-state index contributed by atoms with van der Waals surface area (Å²) in [6.45, 7) is 7.80. The van der Waals surface area contributed by atoms with Crippen LogP contribution in [0.5, 0.6) is 0 Å². The quantitative estimate of drug-likeness (QED) is 0.190. The Morgan fingerprint density at radius 1 is 1.06 bits per heavy atom. The maximum Gasteiger partial charge on any atom is 0.334 e. The lowest BCUT2D eigenvalue weighted by Gasteiger charge is -2.39. The second kappa shape index (κ2) is 12.5. The number of aliphatic hydroxyl groups is 3. The van der Waals surface area contributed by atoms with Crippen molar-refractivity contribution < 1.29 is 53.4 Å². The van der Waals surface area contributed by atoms with Crippen molar-refractivity contribution in [1.82, 2.24) is 0 Å². The van der Waals surface area contributed by atoms with Crippen LogP contribution in [0.1, 0.15) is 46.5 Å². The normalized spacial score (nSPS) is 32.2. The van der Waals surface area contributed by atoms with E-state index in [1.807, 2.05) is 0 Å². The lowest BCUT2D eigenvalue weighted by Crippen LogP contribution is -2.59. The Morgan fingerprint density at radius 3 is 2.35 bits per heavy atom. The number of hydrogen-bond acceptors (Lipinski definition) is 11. The van der Waals surface area contributed by atoms with Crippen LogP contribution in [0.3, 0.4) is 0 Å². The number of cyclic esters (lactones) is 1. The van der Waals surface area contributed by atoms with Gasteiger partial charge in [0.15, 0.2) is 6.29 Å². The summed E-state index contributed by atoms with van der Waals surface area (Å²) >= 11 is 0. The average molecular weight is 487 g/mol. The van der Waals surface area contributed by atoms with Crippen LogP contribution in [0, 0.1) is 11.8 Å². The van der Waals surface area contributed by atoms with E-state index in [0.717, 1.165) is 0 Å². The average Bonchev–Trinajstić information content (AvgIpc) is 3.01. The third-order valence-electron chi connectivity index (χ3n) is 6.06. The van der Waals surface area contributed by atoms with Crippen molar-refractivity contribution in [2.75, 3.05) is 13.2 Å². The smallest absolute Gasteiger partial charge is 0.334 e. The van der Waals surface area contributed by atoms with E-state index in [9.17, 15) is 34.5 Å². The molecule has 2 aliphatic heterocycles. The maximum atomic E-state index is 12.7. The monoisotopic (exact) mass is 486 g/mol. The molecule has 0 saturated carbocycles. The number of carbonyl (C=O) groups is 4. The van der Waals surface area contributed by atoms with Gasteiger partial charge in [0.25, 0.3) is 0 Å². The van der Waals surface area contributed by atoms with Gasteiger partial charge in [0.05, 0.1) is 0 Å². The zero-order valence-electron chi connectivity index (χ0n) is 19.7. The van der Waals surface area contributed by atoms with Gasteiger partial charge in [0.2, 0.25) is 0 Å². The largest absolute Gasteiger partial charge is 0.463 e. The molecule has 8 atom stereocenters. The van der Waals surface area contributed by atoms with Gasteiger partial charge in [-0.1, -0.05) is 13.5 Å². The fraction of sp³-hybridized carbons (Fsp3) is 0.739. The first kappa shape index (κ1) is 28.1. The first-order chi connectivity index (χ1) is 15.9. The van der Waals surface area contributed by atoms with Crippen molar-refractivity contribution in [1.29, 1.82) is 0 Å². The summed E-state index contributed by atoms with van der Waals surface area (Å²) in [5.41, 5.74) is 0.197. The summed E-state index contributed by atoms with van der Waals surface area (Å²) in [4.78, 5) is 46.9. The van der Waals surface area contributed by atoms with Gasteiger partial charge >= 0.3 is 11.9 Å². The molecule has 34 heavy (non-hydrogen) atoms. The minimum Gasteiger partial charge on any atom is -0.463 e. The van der Waals surface area contributed by atoms with E-state index in [-0.39, 0.29) is 49.1 Å². The Labute approximate surface area is 198 Å². The van der Waals surface area contributed by atoms with Crippen LogP contribution in [0.25, 0.3) is 0 Å². The molecule has 0 aromatic carbocycles. The zero-order chi connectivity index (χ0) is 25.6. The second-order valence-corrected chi connectivity index (χ2v) is 8.88. The van der Waals surface area contributed by atoms with Crippen molar-refractivity contribution in [2.45, 2.75) is 83.3 Å². The van der Waals surface area contributed by atoms with Crippen LogP contribution >= 0.6 is 0 Å². The Hall–Kier alpha value is -2.18. The fourth-order valence-electron chi connectivity index (χ4n) is 3.95. The molecule has 0 aromatic rings. The Bertz CT molecular complexity index is 779. The van der Waals surface area contributed by atoms with E-state index >= 15 is 0 Å². The number of carbonyl (C=O) groups excluding carboxylic acids is 4. The molecule has 0 bridgehead atoms. The fourth-order valence-corrected chi connectivity index (χ4v) is 3.95. The summed E-state index contributed by atoms with van der Waals surface area (Å²) in [6, 6.07) is 0.